The number of halogens is 1. The van der Waals surface area contributed by atoms with Gasteiger partial charge in [0.2, 0.25) is 0 Å². The van der Waals surface area contributed by atoms with Crippen molar-refractivity contribution in [3.63, 3.8) is 0 Å². The average Bonchev–Trinajstić information content (AvgIpc) is 2.48. The molecule has 1 aromatic rings. The fraction of sp³-hybridized carbons (Fsp3) is 0.588. The van der Waals surface area contributed by atoms with Crippen LogP contribution in [0.2, 0.25) is 0 Å². The molecule has 1 aliphatic carbocycles. The lowest BCUT2D eigenvalue weighted by Gasteiger charge is -2.34. The van der Waals surface area contributed by atoms with E-state index in [4.69, 9.17) is 11.6 Å². The molecule has 0 aromatic heterocycles. The average molecular weight is 294 g/mol. The minimum Gasteiger partial charge on any atom is -0.334 e. The Morgan fingerprint density at radius 3 is 2.60 bits per heavy atom. The van der Waals surface area contributed by atoms with Crippen LogP contribution in [0, 0.1) is 13.8 Å². The molecule has 2 nitrogen and oxygen atoms in total. The molecule has 1 fully saturated rings. The normalized spacial score (nSPS) is 16.1. The minimum absolute atomic E-state index is 0.152. The largest absolute Gasteiger partial charge is 0.334 e. The number of benzene rings is 1. The fourth-order valence-corrected chi connectivity index (χ4v) is 3.25. The summed E-state index contributed by atoms with van der Waals surface area (Å²) in [5, 5.41) is 0. The number of hydrogen-bond acceptors (Lipinski definition) is 1. The maximum absolute atomic E-state index is 12.9. The van der Waals surface area contributed by atoms with E-state index in [1.165, 1.54) is 24.8 Å². The third-order valence-corrected chi connectivity index (χ3v) is 4.61. The van der Waals surface area contributed by atoms with Gasteiger partial charge in [0.15, 0.2) is 0 Å². The number of rotatable bonds is 4. The lowest BCUT2D eigenvalue weighted by molar-refractivity contribution is 0.0649. The summed E-state index contributed by atoms with van der Waals surface area (Å²) in [6, 6.07) is 6.33. The van der Waals surface area contributed by atoms with Crippen LogP contribution >= 0.6 is 11.6 Å². The van der Waals surface area contributed by atoms with Crippen molar-refractivity contribution in [2.45, 2.75) is 52.0 Å². The molecule has 0 N–H and O–H groups in total. The quantitative estimate of drug-likeness (QED) is 0.757. The first-order valence-corrected chi connectivity index (χ1v) is 8.11. The molecular formula is C17H24ClNO. The molecule has 0 saturated heterocycles. The minimum atomic E-state index is 0.152. The Morgan fingerprint density at radius 2 is 1.95 bits per heavy atom. The number of nitrogens with zero attached hydrogens (tertiary/aromatic N) is 1. The van der Waals surface area contributed by atoms with E-state index in [0.29, 0.717) is 18.5 Å². The van der Waals surface area contributed by atoms with Crippen molar-refractivity contribution < 1.29 is 4.79 Å². The Balaban J connectivity index is 2.23. The van der Waals surface area contributed by atoms with Crippen molar-refractivity contribution in [1.82, 2.24) is 4.90 Å². The predicted molar refractivity (Wildman–Crippen MR) is 84.5 cm³/mol. The fourth-order valence-electron chi connectivity index (χ4n) is 3.07. The summed E-state index contributed by atoms with van der Waals surface area (Å²) in [4.78, 5) is 14.9. The zero-order valence-corrected chi connectivity index (χ0v) is 13.2. The number of hydrogen-bond donors (Lipinski definition) is 0. The Hall–Kier alpha value is -1.02. The van der Waals surface area contributed by atoms with E-state index in [9.17, 15) is 4.79 Å². The summed E-state index contributed by atoms with van der Waals surface area (Å²) >= 11 is 5.92. The van der Waals surface area contributed by atoms with Gasteiger partial charge in [-0.1, -0.05) is 31.4 Å². The van der Waals surface area contributed by atoms with E-state index in [1.54, 1.807) is 0 Å². The van der Waals surface area contributed by atoms with Gasteiger partial charge in [-0.05, 0) is 43.9 Å². The van der Waals surface area contributed by atoms with Gasteiger partial charge in [0.05, 0.1) is 0 Å². The summed E-state index contributed by atoms with van der Waals surface area (Å²) in [7, 11) is 0. The monoisotopic (exact) mass is 293 g/mol. The molecular weight excluding hydrogens is 270 g/mol. The van der Waals surface area contributed by atoms with Crippen molar-refractivity contribution in [3.05, 3.63) is 34.9 Å². The van der Waals surface area contributed by atoms with Crippen LogP contribution in [-0.4, -0.2) is 29.3 Å². The second kappa shape index (κ2) is 7.12. The third kappa shape index (κ3) is 3.35. The standard InChI is InChI=1S/C17H24ClNO/c1-13-7-6-10-16(14(13)2)17(20)19(12-11-18)15-8-4-3-5-9-15/h6-7,10,15H,3-5,8-9,11-12H2,1-2H3. The topological polar surface area (TPSA) is 20.3 Å². The molecule has 110 valence electrons. The summed E-state index contributed by atoms with van der Waals surface area (Å²) in [6.45, 7) is 4.74. The highest BCUT2D eigenvalue weighted by Crippen LogP contribution is 2.25. The van der Waals surface area contributed by atoms with Gasteiger partial charge >= 0.3 is 0 Å². The number of amides is 1. The van der Waals surface area contributed by atoms with Crippen molar-refractivity contribution in [2.75, 3.05) is 12.4 Å². The highest BCUT2D eigenvalue weighted by Gasteiger charge is 2.26. The molecule has 1 aliphatic rings. The van der Waals surface area contributed by atoms with E-state index >= 15 is 0 Å². The lowest BCUT2D eigenvalue weighted by atomic mass is 9.93. The molecule has 1 saturated carbocycles. The first-order chi connectivity index (χ1) is 9.65. The maximum atomic E-state index is 12.9. The predicted octanol–water partition coefficient (Wildman–Crippen LogP) is 4.32. The summed E-state index contributed by atoms with van der Waals surface area (Å²) in [5.41, 5.74) is 3.10. The highest BCUT2D eigenvalue weighted by molar-refractivity contribution is 6.18. The van der Waals surface area contributed by atoms with Gasteiger partial charge in [-0.15, -0.1) is 11.6 Å². The SMILES string of the molecule is Cc1cccc(C(=O)N(CCCl)C2CCCCC2)c1C. The second-order valence-electron chi connectivity index (χ2n) is 5.73. The van der Waals surface area contributed by atoms with Gasteiger partial charge in [-0.3, -0.25) is 4.79 Å². The number of carbonyl (C=O) groups is 1. The maximum Gasteiger partial charge on any atom is 0.254 e. The van der Waals surface area contributed by atoms with Crippen LogP contribution < -0.4 is 0 Å². The molecule has 3 heteroatoms. The first kappa shape index (κ1) is 15.4. The molecule has 0 radical (unpaired) electrons. The molecule has 0 heterocycles. The molecule has 0 spiro atoms. The Morgan fingerprint density at radius 1 is 1.25 bits per heavy atom. The van der Waals surface area contributed by atoms with E-state index in [0.717, 1.165) is 24.0 Å². The smallest absolute Gasteiger partial charge is 0.254 e. The number of carbonyl (C=O) groups excluding carboxylic acids is 1. The first-order valence-electron chi connectivity index (χ1n) is 7.58. The highest BCUT2D eigenvalue weighted by atomic mass is 35.5. The molecule has 20 heavy (non-hydrogen) atoms. The van der Waals surface area contributed by atoms with Crippen LogP contribution in [0.5, 0.6) is 0 Å². The Labute approximate surface area is 127 Å². The molecule has 0 atom stereocenters. The van der Waals surface area contributed by atoms with Gasteiger partial charge in [-0.25, -0.2) is 0 Å². The summed E-state index contributed by atoms with van der Waals surface area (Å²) < 4.78 is 0. The van der Waals surface area contributed by atoms with Gasteiger partial charge < -0.3 is 4.90 Å². The van der Waals surface area contributed by atoms with E-state index in [-0.39, 0.29) is 5.91 Å². The Bertz CT molecular complexity index is 466. The van der Waals surface area contributed by atoms with E-state index in [2.05, 4.69) is 13.0 Å². The lowest BCUT2D eigenvalue weighted by Crippen LogP contribution is -2.42. The molecule has 1 aromatic carbocycles. The molecule has 0 bridgehead atoms. The van der Waals surface area contributed by atoms with E-state index in [1.807, 2.05) is 24.0 Å². The molecule has 1 amide bonds. The third-order valence-electron chi connectivity index (χ3n) is 4.44. The van der Waals surface area contributed by atoms with Crippen molar-refractivity contribution in [2.24, 2.45) is 0 Å². The number of alkyl halides is 1. The second-order valence-corrected chi connectivity index (χ2v) is 6.10. The molecule has 0 aliphatic heterocycles. The van der Waals surface area contributed by atoms with Crippen molar-refractivity contribution in [1.29, 1.82) is 0 Å². The Kier molecular flexibility index (Phi) is 5.47. The molecule has 2 rings (SSSR count). The van der Waals surface area contributed by atoms with Crippen LogP contribution in [-0.2, 0) is 0 Å². The van der Waals surface area contributed by atoms with Crippen LogP contribution in [0.1, 0.15) is 53.6 Å². The van der Waals surface area contributed by atoms with Crippen LogP contribution in [0.25, 0.3) is 0 Å². The summed E-state index contributed by atoms with van der Waals surface area (Å²) in [5.74, 6) is 0.659. The van der Waals surface area contributed by atoms with Gasteiger partial charge in [0.1, 0.15) is 0 Å². The number of aryl methyl sites for hydroxylation is 1. The van der Waals surface area contributed by atoms with Crippen molar-refractivity contribution in [3.8, 4) is 0 Å². The summed E-state index contributed by atoms with van der Waals surface area (Å²) in [6.07, 6.45) is 5.98. The van der Waals surface area contributed by atoms with Gasteiger partial charge in [0, 0.05) is 24.0 Å². The van der Waals surface area contributed by atoms with Crippen LogP contribution in [0.4, 0.5) is 0 Å². The van der Waals surface area contributed by atoms with Crippen LogP contribution in [0.3, 0.4) is 0 Å². The zero-order chi connectivity index (χ0) is 14.5. The van der Waals surface area contributed by atoms with Gasteiger partial charge in [0.25, 0.3) is 5.91 Å². The van der Waals surface area contributed by atoms with Gasteiger partial charge in [-0.2, -0.15) is 0 Å². The van der Waals surface area contributed by atoms with Crippen LogP contribution in [0.15, 0.2) is 18.2 Å². The molecule has 0 unspecified atom stereocenters. The van der Waals surface area contributed by atoms with Crippen molar-refractivity contribution >= 4 is 17.5 Å². The van der Waals surface area contributed by atoms with E-state index < -0.39 is 0 Å². The zero-order valence-electron chi connectivity index (χ0n) is 12.5.